The fourth-order valence-corrected chi connectivity index (χ4v) is 16.4. The molecule has 1 aliphatic heterocycles. The van der Waals surface area contributed by atoms with Gasteiger partial charge in [-0.25, -0.2) is 34.9 Å². The van der Waals surface area contributed by atoms with Crippen LogP contribution in [0.15, 0.2) is 253 Å². The van der Waals surface area contributed by atoms with Gasteiger partial charge in [-0.2, -0.15) is 13.2 Å². The largest absolute Gasteiger partial charge is 0.416 e. The first-order valence-electron chi connectivity index (χ1n) is 43.5. The summed E-state index contributed by atoms with van der Waals surface area (Å²) in [6.45, 7) is 19.1. The highest BCUT2D eigenvalue weighted by Gasteiger charge is 2.33. The van der Waals surface area contributed by atoms with Gasteiger partial charge >= 0.3 is 6.18 Å². The highest BCUT2D eigenvalue weighted by molar-refractivity contribution is 9.10. The highest BCUT2D eigenvalue weighted by atomic mass is 79.9. The van der Waals surface area contributed by atoms with E-state index in [-0.39, 0.29) is 12.1 Å². The molecule has 35 nitrogen and oxygen atoms in total. The molecule has 23 rings (SSSR count). The number of aromatic nitrogens is 28. The van der Waals surface area contributed by atoms with E-state index < -0.39 is 11.7 Å². The van der Waals surface area contributed by atoms with Crippen LogP contribution in [0.3, 0.4) is 0 Å². The molecular formula is C96H91Br2ClF3N35. The third-order valence-electron chi connectivity index (χ3n) is 22.5. The fourth-order valence-electron chi connectivity index (χ4n) is 15.5. The molecule has 7 aromatic carbocycles. The summed E-state index contributed by atoms with van der Waals surface area (Å²) in [6, 6.07) is 50.5. The van der Waals surface area contributed by atoms with Crippen molar-refractivity contribution in [3.63, 3.8) is 0 Å². The molecule has 692 valence electrons. The van der Waals surface area contributed by atoms with Crippen LogP contribution in [0.25, 0.3) is 39.5 Å². The molecule has 0 saturated carbocycles. The number of alkyl halides is 3. The second-order valence-electron chi connectivity index (χ2n) is 31.9. The van der Waals surface area contributed by atoms with Crippen molar-refractivity contribution >= 4 is 152 Å². The van der Waals surface area contributed by atoms with E-state index in [0.29, 0.717) is 46.1 Å². The molecule has 5 N–H and O–H groups in total. The molecule has 0 unspecified atom stereocenters. The number of nitrogens with zero attached hydrogens (tertiary/aromatic N) is 30. The van der Waals surface area contributed by atoms with Crippen molar-refractivity contribution in [2.45, 2.75) is 114 Å². The minimum Gasteiger partial charge on any atom is -0.363 e. The molecular weight excluding hydrogens is 1900 g/mol. The lowest BCUT2D eigenvalue weighted by molar-refractivity contribution is -0.138. The van der Waals surface area contributed by atoms with Gasteiger partial charge in [0.15, 0.2) is 40.7 Å². The molecule has 2 aliphatic rings. The van der Waals surface area contributed by atoms with E-state index in [1.165, 1.54) is 64.9 Å². The summed E-state index contributed by atoms with van der Waals surface area (Å²) in [7, 11) is 1.97. The average molecular weight is 1990 g/mol. The van der Waals surface area contributed by atoms with E-state index in [0.717, 1.165) is 149 Å². The summed E-state index contributed by atoms with van der Waals surface area (Å²) < 4.78 is 54.2. The molecule has 0 spiro atoms. The van der Waals surface area contributed by atoms with Crippen LogP contribution in [0.5, 0.6) is 0 Å². The molecule has 15 heterocycles. The molecule has 41 heteroatoms. The maximum Gasteiger partial charge on any atom is 0.416 e. The summed E-state index contributed by atoms with van der Waals surface area (Å²) in [5.74, 6) is 10.7. The lowest BCUT2D eigenvalue weighted by Gasteiger charge is -2.30. The van der Waals surface area contributed by atoms with Crippen molar-refractivity contribution in [2.75, 3.05) is 50.0 Å². The van der Waals surface area contributed by atoms with Crippen LogP contribution in [0.4, 0.5) is 82.3 Å². The van der Waals surface area contributed by atoms with Gasteiger partial charge in [-0.3, -0.25) is 30.8 Å². The number of hydrogen-bond acceptors (Lipinski definition) is 28. The molecule has 0 saturated heterocycles. The monoisotopic (exact) mass is 1980 g/mol. The number of nitrogens with one attached hydrogen (secondary N) is 5. The van der Waals surface area contributed by atoms with Crippen LogP contribution in [0, 0.1) is 62.3 Å². The minimum absolute atomic E-state index is 0.00569. The topological polar surface area (TPSA) is 368 Å². The number of fused-ring (bicyclic) bond motifs is 9. The normalized spacial score (nSPS) is 12.0. The molecule has 1 aliphatic carbocycles. The van der Waals surface area contributed by atoms with Crippen molar-refractivity contribution in [3.8, 4) is 0 Å². The van der Waals surface area contributed by atoms with Gasteiger partial charge in [0, 0.05) is 145 Å². The number of halogens is 6. The molecule has 21 aromatic rings. The minimum atomic E-state index is -4.39. The predicted octanol–water partition coefficient (Wildman–Crippen LogP) is 19.6. The van der Waals surface area contributed by atoms with Gasteiger partial charge in [0.05, 0.1) is 16.3 Å². The Hall–Kier alpha value is -16.0. The molecule has 0 bridgehead atoms. The Balaban J connectivity index is 0.000000111. The Bertz CT molecular complexity index is 7830. The third-order valence-corrected chi connectivity index (χ3v) is 23.8. The summed E-state index contributed by atoms with van der Waals surface area (Å²) in [5.41, 5.74) is 17.5. The van der Waals surface area contributed by atoms with Crippen molar-refractivity contribution in [3.05, 3.63) is 344 Å². The molecule has 14 aromatic heterocycles. The SMILES string of the molecule is Cc1ccc(Nc2nccn3c(C)nnc23)c(Cl)c1.Cc1ccc2c(c1)CCCN2c1nccn2c(C)nnc12.Cc1nnc2c(N(C)c3ccccc3)nccn12.Cc1nnc2c(NCc3ccc(Br)cc3)nccn12.Cc1nnc2c(NCc3ccccc3C(F)(F)F)nccn12.Cc1nnc2c(Nc3ccc4c(c3)CCC4)nccn12.Cc1nnc2c(Nc3cccc(Br)c3)nccn12. The van der Waals surface area contributed by atoms with Crippen LogP contribution < -0.4 is 36.4 Å². The molecule has 0 amide bonds. The standard InChI is InChI=1S/C16H17N5.C15H15N5.C14H12F3N5.C13H12BrN5.C13H12ClN5.C13H13N5.C12H10BrN5/c1-11-5-6-14-13(10-11)4-3-8-21(14)15-16-19-18-12(2)20(16)9-7-17-15;1-10-18-19-15-14(16-7-8-20(10)15)17-13-6-5-11-3-2-4-12(11)9-13;1-9-20-21-13-12(18-6-7-22(9)13)19-8-10-4-2-3-5-11(10)14(15,16)17;1-9-17-18-13-12(15-6-7-19(9)13)16-8-10-2-4-11(14)5-3-10;1-8-3-4-11(10(14)7-8)16-12-13-18-17-9(2)19(13)6-5-15-12;1-10-15-16-13-12(14-8-9-18(10)13)17(2)11-6-4-3-5-7-11;1-8-16-17-12-11(14-5-6-18(8)12)15-10-4-2-3-9(13)7-10/h5-7,9-10H,3-4,8H2,1-2H3;5-9H,2-4H2,1H3,(H,16,17);2-7H,8H2,1H3,(H,18,19);2-7H,8H2,1H3,(H,15,16);3-7H,1-2H3,(H,15,16);3-9H,1-2H3;2-7H,1H3,(H,14,15). The van der Waals surface area contributed by atoms with Crippen molar-refractivity contribution < 1.29 is 13.2 Å². The average Bonchev–Trinajstić information content (AvgIpc) is 1.72. The number of benzene rings is 7. The summed E-state index contributed by atoms with van der Waals surface area (Å²) in [4.78, 5) is 34.6. The number of aryl methyl sites for hydroxylation is 12. The first-order chi connectivity index (χ1) is 66.4. The van der Waals surface area contributed by atoms with Gasteiger partial charge in [-0.1, -0.05) is 128 Å². The first kappa shape index (κ1) is 92.9. The number of para-hydroxylation sites is 1. The molecule has 137 heavy (non-hydrogen) atoms. The van der Waals surface area contributed by atoms with Gasteiger partial charge in [0.1, 0.15) is 40.8 Å². The Morgan fingerprint density at radius 1 is 0.372 bits per heavy atom. The summed E-state index contributed by atoms with van der Waals surface area (Å²) in [5, 5.41) is 73.9. The van der Waals surface area contributed by atoms with Crippen molar-refractivity contribution in [1.82, 2.24) is 137 Å². The van der Waals surface area contributed by atoms with Crippen LogP contribution >= 0.6 is 43.5 Å². The van der Waals surface area contributed by atoms with Crippen LogP contribution in [-0.2, 0) is 38.5 Å². The highest BCUT2D eigenvalue weighted by Crippen LogP contribution is 2.37. The Morgan fingerprint density at radius 3 is 1.36 bits per heavy atom. The summed E-state index contributed by atoms with van der Waals surface area (Å²) in [6.07, 6.45) is 26.4. The maximum atomic E-state index is 13.0. The molecule has 0 atom stereocenters. The van der Waals surface area contributed by atoms with Crippen molar-refractivity contribution in [1.29, 1.82) is 0 Å². The van der Waals surface area contributed by atoms with Gasteiger partial charge in [0.2, 0.25) is 39.5 Å². The van der Waals surface area contributed by atoms with E-state index in [1.54, 1.807) is 60.8 Å². The lowest BCUT2D eigenvalue weighted by atomic mass is 9.99. The van der Waals surface area contributed by atoms with E-state index in [9.17, 15) is 13.2 Å². The quantitative estimate of drug-likeness (QED) is 0.0636. The number of anilines is 12. The lowest BCUT2D eigenvalue weighted by Crippen LogP contribution is -2.26. The molecule has 0 fully saturated rings. The second-order valence-corrected chi connectivity index (χ2v) is 34.2. The van der Waals surface area contributed by atoms with Gasteiger partial charge in [-0.15, -0.1) is 71.4 Å². The van der Waals surface area contributed by atoms with Crippen LogP contribution in [0.2, 0.25) is 5.02 Å². The Labute approximate surface area is 804 Å². The smallest absolute Gasteiger partial charge is 0.363 e. The number of rotatable bonds is 15. The zero-order chi connectivity index (χ0) is 95.4. The van der Waals surface area contributed by atoms with Crippen LogP contribution in [0.1, 0.15) is 98.1 Å². The molecule has 0 radical (unpaired) electrons. The third kappa shape index (κ3) is 21.5. The number of hydrogen-bond donors (Lipinski definition) is 5. The maximum absolute atomic E-state index is 13.0. The zero-order valence-corrected chi connectivity index (χ0v) is 79.9. The van der Waals surface area contributed by atoms with Crippen molar-refractivity contribution in [2.24, 2.45) is 0 Å². The van der Waals surface area contributed by atoms with Gasteiger partial charge in [-0.05, 0) is 207 Å². The van der Waals surface area contributed by atoms with E-state index in [2.05, 4.69) is 225 Å². The van der Waals surface area contributed by atoms with Gasteiger partial charge < -0.3 is 36.4 Å². The predicted molar refractivity (Wildman–Crippen MR) is 529 cm³/mol. The zero-order valence-electron chi connectivity index (χ0n) is 75.9. The summed E-state index contributed by atoms with van der Waals surface area (Å²) >= 11 is 13.1. The van der Waals surface area contributed by atoms with E-state index >= 15 is 0 Å². The Morgan fingerprint density at radius 2 is 0.818 bits per heavy atom. The van der Waals surface area contributed by atoms with Crippen LogP contribution in [-0.4, -0.2) is 151 Å². The van der Waals surface area contributed by atoms with Gasteiger partial charge in [0.25, 0.3) is 0 Å². The first-order valence-corrected chi connectivity index (χ1v) is 45.5. The van der Waals surface area contributed by atoms with E-state index in [4.69, 9.17) is 11.6 Å². The second kappa shape index (κ2) is 41.7. The van der Waals surface area contributed by atoms with E-state index in [1.807, 2.05) is 215 Å². The Kier molecular flexibility index (Phi) is 28.2. The fraction of sp³-hybridized carbons (Fsp3) is 0.198.